The van der Waals surface area contributed by atoms with Gasteiger partial charge in [-0.15, -0.1) is 0 Å². The fourth-order valence-electron chi connectivity index (χ4n) is 2.25. The van der Waals surface area contributed by atoms with Crippen molar-refractivity contribution < 1.29 is 9.84 Å². The Bertz CT molecular complexity index is 402. The Kier molecular flexibility index (Phi) is 5.03. The smallest absolute Gasteiger partial charge is 0.125 e. The van der Waals surface area contributed by atoms with E-state index in [2.05, 4.69) is 53.7 Å². The SMILES string of the molecule is COc1c(C(C)C)cc(C(C)(C)CO)cc1C(C)C. The van der Waals surface area contributed by atoms with Gasteiger partial charge in [0.2, 0.25) is 0 Å². The van der Waals surface area contributed by atoms with Crippen LogP contribution in [0.4, 0.5) is 0 Å². The highest BCUT2D eigenvalue weighted by atomic mass is 16.5. The van der Waals surface area contributed by atoms with Gasteiger partial charge in [-0.05, 0) is 28.5 Å². The van der Waals surface area contributed by atoms with Gasteiger partial charge in [0.25, 0.3) is 0 Å². The molecule has 0 amide bonds. The number of hydrogen-bond donors (Lipinski definition) is 1. The van der Waals surface area contributed by atoms with Crippen molar-refractivity contribution in [2.24, 2.45) is 0 Å². The van der Waals surface area contributed by atoms with Gasteiger partial charge >= 0.3 is 0 Å². The van der Waals surface area contributed by atoms with Gasteiger partial charge in [0.1, 0.15) is 5.75 Å². The van der Waals surface area contributed by atoms with E-state index < -0.39 is 0 Å². The molecule has 0 spiro atoms. The summed E-state index contributed by atoms with van der Waals surface area (Å²) in [5.74, 6) is 1.81. The van der Waals surface area contributed by atoms with E-state index in [0.717, 1.165) is 5.75 Å². The van der Waals surface area contributed by atoms with Crippen molar-refractivity contribution >= 4 is 0 Å². The number of benzene rings is 1. The zero-order valence-electron chi connectivity index (χ0n) is 13.4. The summed E-state index contributed by atoms with van der Waals surface area (Å²) in [6.07, 6.45) is 0. The Morgan fingerprint density at radius 1 is 1.05 bits per heavy atom. The molecule has 2 nitrogen and oxygen atoms in total. The summed E-state index contributed by atoms with van der Waals surface area (Å²) in [4.78, 5) is 0. The molecule has 1 aromatic rings. The number of aliphatic hydroxyl groups is 1. The van der Waals surface area contributed by atoms with E-state index in [1.54, 1.807) is 7.11 Å². The van der Waals surface area contributed by atoms with Crippen molar-refractivity contribution in [1.29, 1.82) is 0 Å². The summed E-state index contributed by atoms with van der Waals surface area (Å²) in [5, 5.41) is 9.60. The number of aliphatic hydroxyl groups excluding tert-OH is 1. The zero-order chi connectivity index (χ0) is 14.8. The zero-order valence-corrected chi connectivity index (χ0v) is 13.4. The number of rotatable bonds is 5. The van der Waals surface area contributed by atoms with E-state index >= 15 is 0 Å². The van der Waals surface area contributed by atoms with E-state index in [-0.39, 0.29) is 12.0 Å². The molecule has 1 N–H and O–H groups in total. The summed E-state index contributed by atoms with van der Waals surface area (Å²) >= 11 is 0. The first-order chi connectivity index (χ1) is 8.74. The van der Waals surface area contributed by atoms with Crippen LogP contribution in [0.25, 0.3) is 0 Å². The molecule has 0 aromatic heterocycles. The fraction of sp³-hybridized carbons (Fsp3) is 0.647. The van der Waals surface area contributed by atoms with Crippen molar-refractivity contribution in [3.8, 4) is 5.75 Å². The molecule has 1 rings (SSSR count). The Hall–Kier alpha value is -1.02. The van der Waals surface area contributed by atoms with Crippen LogP contribution in [0.5, 0.6) is 5.75 Å². The number of hydrogen-bond acceptors (Lipinski definition) is 2. The monoisotopic (exact) mass is 264 g/mol. The Morgan fingerprint density at radius 3 is 1.74 bits per heavy atom. The highest BCUT2D eigenvalue weighted by molar-refractivity contribution is 5.49. The molecule has 0 saturated carbocycles. The standard InChI is InChI=1S/C17H28O2/c1-11(2)14-8-13(17(5,6)10-18)9-15(12(3)4)16(14)19-7/h8-9,11-12,18H,10H2,1-7H3. The van der Waals surface area contributed by atoms with E-state index in [0.29, 0.717) is 11.8 Å². The summed E-state index contributed by atoms with van der Waals surface area (Å²) in [6.45, 7) is 13.0. The third-order valence-corrected chi connectivity index (χ3v) is 3.77. The molecule has 1 aromatic carbocycles. The van der Waals surface area contributed by atoms with E-state index in [4.69, 9.17) is 4.74 Å². The maximum Gasteiger partial charge on any atom is 0.125 e. The fourth-order valence-corrected chi connectivity index (χ4v) is 2.25. The van der Waals surface area contributed by atoms with Gasteiger partial charge in [-0.2, -0.15) is 0 Å². The largest absolute Gasteiger partial charge is 0.496 e. The first-order valence-electron chi connectivity index (χ1n) is 7.07. The van der Waals surface area contributed by atoms with Crippen molar-refractivity contribution in [2.75, 3.05) is 13.7 Å². The van der Waals surface area contributed by atoms with Crippen LogP contribution in [-0.2, 0) is 5.41 Å². The van der Waals surface area contributed by atoms with E-state index in [9.17, 15) is 5.11 Å². The van der Waals surface area contributed by atoms with E-state index in [1.807, 2.05) is 0 Å². The number of methoxy groups -OCH3 is 1. The Balaban J connectivity index is 3.54. The molecule has 0 aliphatic heterocycles. The molecule has 0 bridgehead atoms. The molecule has 0 radical (unpaired) electrons. The molecule has 0 aliphatic carbocycles. The molecule has 0 saturated heterocycles. The van der Waals surface area contributed by atoms with Gasteiger partial charge in [0.15, 0.2) is 0 Å². The second kappa shape index (κ2) is 5.96. The van der Waals surface area contributed by atoms with Crippen LogP contribution in [0.2, 0.25) is 0 Å². The maximum absolute atomic E-state index is 9.60. The topological polar surface area (TPSA) is 29.5 Å². The number of ether oxygens (including phenoxy) is 1. The molecule has 0 aliphatic rings. The van der Waals surface area contributed by atoms with Crippen LogP contribution in [0.15, 0.2) is 12.1 Å². The van der Waals surface area contributed by atoms with Crippen LogP contribution in [0.3, 0.4) is 0 Å². The van der Waals surface area contributed by atoms with Gasteiger partial charge in [-0.25, -0.2) is 0 Å². The van der Waals surface area contributed by atoms with Gasteiger partial charge in [0, 0.05) is 5.41 Å². The van der Waals surface area contributed by atoms with Crippen LogP contribution < -0.4 is 4.74 Å². The van der Waals surface area contributed by atoms with Gasteiger partial charge < -0.3 is 9.84 Å². The Morgan fingerprint density at radius 2 is 1.47 bits per heavy atom. The minimum absolute atomic E-state index is 0.147. The molecule has 19 heavy (non-hydrogen) atoms. The second-order valence-electron chi connectivity index (χ2n) is 6.54. The third kappa shape index (κ3) is 3.30. The summed E-state index contributed by atoms with van der Waals surface area (Å²) in [6, 6.07) is 4.37. The predicted octanol–water partition coefficient (Wildman–Crippen LogP) is 4.21. The molecule has 2 heteroatoms. The molecule has 108 valence electrons. The van der Waals surface area contributed by atoms with Crippen LogP contribution in [-0.4, -0.2) is 18.8 Å². The lowest BCUT2D eigenvalue weighted by molar-refractivity contribution is 0.218. The lowest BCUT2D eigenvalue weighted by atomic mass is 9.80. The van der Waals surface area contributed by atoms with Crippen molar-refractivity contribution in [3.05, 3.63) is 28.8 Å². The average molecular weight is 264 g/mol. The van der Waals surface area contributed by atoms with Crippen LogP contribution >= 0.6 is 0 Å². The minimum Gasteiger partial charge on any atom is -0.496 e. The maximum atomic E-state index is 9.60. The summed E-state index contributed by atoms with van der Waals surface area (Å²) in [5.41, 5.74) is 3.41. The summed E-state index contributed by atoms with van der Waals surface area (Å²) < 4.78 is 5.64. The molecule has 0 atom stereocenters. The lowest BCUT2D eigenvalue weighted by Crippen LogP contribution is -2.23. The minimum atomic E-state index is -0.223. The van der Waals surface area contributed by atoms with Gasteiger partial charge in [0.05, 0.1) is 13.7 Å². The van der Waals surface area contributed by atoms with Crippen molar-refractivity contribution in [2.45, 2.75) is 58.8 Å². The molecular weight excluding hydrogens is 236 g/mol. The summed E-state index contributed by atoms with van der Waals surface area (Å²) in [7, 11) is 1.74. The first kappa shape index (κ1) is 16.0. The molecule has 0 unspecified atom stereocenters. The highest BCUT2D eigenvalue weighted by Gasteiger charge is 2.24. The first-order valence-corrected chi connectivity index (χ1v) is 7.07. The predicted molar refractivity (Wildman–Crippen MR) is 81.3 cm³/mol. The molecule has 0 fully saturated rings. The Labute approximate surface area is 117 Å². The van der Waals surface area contributed by atoms with Gasteiger partial charge in [-0.3, -0.25) is 0 Å². The van der Waals surface area contributed by atoms with Crippen LogP contribution in [0, 0.1) is 0 Å². The molecule has 0 heterocycles. The quantitative estimate of drug-likeness (QED) is 0.863. The van der Waals surface area contributed by atoms with Crippen molar-refractivity contribution in [1.82, 2.24) is 0 Å². The van der Waals surface area contributed by atoms with Crippen LogP contribution in [0.1, 0.15) is 70.1 Å². The normalized spacial score (nSPS) is 12.3. The average Bonchev–Trinajstić information content (AvgIpc) is 2.36. The van der Waals surface area contributed by atoms with Crippen molar-refractivity contribution in [3.63, 3.8) is 0 Å². The highest BCUT2D eigenvalue weighted by Crippen LogP contribution is 2.38. The third-order valence-electron chi connectivity index (χ3n) is 3.77. The van der Waals surface area contributed by atoms with Gasteiger partial charge in [-0.1, -0.05) is 53.7 Å². The second-order valence-corrected chi connectivity index (χ2v) is 6.54. The molecular formula is C17H28O2. The lowest BCUT2D eigenvalue weighted by Gasteiger charge is -2.27. The van der Waals surface area contributed by atoms with E-state index in [1.165, 1.54) is 16.7 Å².